The number of aromatic nitrogens is 3. The fraction of sp³-hybridized carbons (Fsp3) is 0.600. The van der Waals surface area contributed by atoms with Crippen molar-refractivity contribution in [3.05, 3.63) is 22.1 Å². The summed E-state index contributed by atoms with van der Waals surface area (Å²) in [6.45, 7) is 2.61. The van der Waals surface area contributed by atoms with Crippen molar-refractivity contribution in [3.63, 3.8) is 0 Å². The van der Waals surface area contributed by atoms with E-state index in [1.807, 2.05) is 6.92 Å². The van der Waals surface area contributed by atoms with Crippen molar-refractivity contribution in [2.24, 2.45) is 5.92 Å². The molecule has 2 aromatic rings. The van der Waals surface area contributed by atoms with Crippen LogP contribution in [0.1, 0.15) is 25.5 Å². The molecule has 0 bridgehead atoms. The monoisotopic (exact) mass is 389 g/mol. The van der Waals surface area contributed by atoms with Gasteiger partial charge >= 0.3 is 12.1 Å². The fourth-order valence-corrected chi connectivity index (χ4v) is 3.69. The standard InChI is InChI=1S/C15H18F3N5O2S/c1-2-10-7-11(24)23-14(20-10)26-13(21-23)19-8-9-3-5-22(6-4-9)12(25)15(16,17)18/h7,9H,2-6,8H2,1H3,(H,19,21). The SMILES string of the molecule is CCc1cc(=O)n2nc(NCC3CCN(C(=O)C(F)(F)F)CC3)sc2n1. The lowest BCUT2D eigenvalue weighted by atomic mass is 9.97. The molecule has 1 aliphatic rings. The number of hydrogen-bond donors (Lipinski definition) is 1. The van der Waals surface area contributed by atoms with E-state index in [0.29, 0.717) is 41.6 Å². The van der Waals surface area contributed by atoms with Gasteiger partial charge in [0, 0.05) is 31.4 Å². The van der Waals surface area contributed by atoms with Gasteiger partial charge in [0.05, 0.1) is 0 Å². The molecule has 1 fully saturated rings. The van der Waals surface area contributed by atoms with Crippen molar-refractivity contribution >= 4 is 27.3 Å². The Morgan fingerprint density at radius 2 is 2.08 bits per heavy atom. The lowest BCUT2D eigenvalue weighted by molar-refractivity contribution is -0.186. The Kier molecular flexibility index (Phi) is 5.17. The predicted molar refractivity (Wildman–Crippen MR) is 90.4 cm³/mol. The number of fused-ring (bicyclic) bond motifs is 1. The number of alkyl halides is 3. The van der Waals surface area contributed by atoms with Crippen LogP contribution < -0.4 is 10.9 Å². The number of hydrogen-bond acceptors (Lipinski definition) is 6. The summed E-state index contributed by atoms with van der Waals surface area (Å²) >= 11 is 1.25. The van der Waals surface area contributed by atoms with E-state index in [1.165, 1.54) is 21.9 Å². The van der Waals surface area contributed by atoms with Crippen LogP contribution in [0.25, 0.3) is 4.96 Å². The van der Waals surface area contributed by atoms with Gasteiger partial charge in [0.1, 0.15) is 0 Å². The summed E-state index contributed by atoms with van der Waals surface area (Å²) in [5, 5.41) is 7.85. The van der Waals surface area contributed by atoms with Crippen LogP contribution in [0.3, 0.4) is 0 Å². The summed E-state index contributed by atoms with van der Waals surface area (Å²) in [7, 11) is 0. The molecule has 7 nitrogen and oxygen atoms in total. The number of anilines is 1. The van der Waals surface area contributed by atoms with E-state index >= 15 is 0 Å². The molecule has 1 amide bonds. The summed E-state index contributed by atoms with van der Waals surface area (Å²) in [6.07, 6.45) is -3.19. The molecule has 0 aromatic carbocycles. The number of nitrogens with zero attached hydrogens (tertiary/aromatic N) is 4. The normalized spacial score (nSPS) is 16.2. The number of halogens is 3. The summed E-state index contributed by atoms with van der Waals surface area (Å²) in [6, 6.07) is 1.45. The summed E-state index contributed by atoms with van der Waals surface area (Å²) in [5.74, 6) is -1.64. The third kappa shape index (κ3) is 3.97. The van der Waals surface area contributed by atoms with Crippen LogP contribution in [0.15, 0.2) is 10.9 Å². The zero-order valence-electron chi connectivity index (χ0n) is 14.0. The first-order chi connectivity index (χ1) is 12.3. The smallest absolute Gasteiger partial charge is 0.360 e. The number of carbonyl (C=O) groups is 1. The minimum absolute atomic E-state index is 0.0887. The van der Waals surface area contributed by atoms with Crippen LogP contribution in [0.4, 0.5) is 18.3 Å². The summed E-state index contributed by atoms with van der Waals surface area (Å²) in [4.78, 5) is 28.9. The Balaban J connectivity index is 1.57. The average Bonchev–Trinajstić information content (AvgIpc) is 3.02. The molecule has 11 heteroatoms. The maximum atomic E-state index is 12.4. The van der Waals surface area contributed by atoms with Gasteiger partial charge in [0.15, 0.2) is 0 Å². The molecule has 1 N–H and O–H groups in total. The van der Waals surface area contributed by atoms with Gasteiger partial charge in [0.25, 0.3) is 5.56 Å². The highest BCUT2D eigenvalue weighted by atomic mass is 32.1. The maximum Gasteiger partial charge on any atom is 0.471 e. The van der Waals surface area contributed by atoms with Crippen LogP contribution in [0, 0.1) is 5.92 Å². The van der Waals surface area contributed by atoms with E-state index in [0.717, 1.165) is 4.90 Å². The molecule has 1 saturated heterocycles. The highest BCUT2D eigenvalue weighted by Gasteiger charge is 2.43. The van der Waals surface area contributed by atoms with E-state index in [4.69, 9.17) is 0 Å². The van der Waals surface area contributed by atoms with E-state index < -0.39 is 12.1 Å². The van der Waals surface area contributed by atoms with Crippen molar-refractivity contribution in [2.45, 2.75) is 32.4 Å². The minimum atomic E-state index is -4.82. The molecular formula is C15H18F3N5O2S. The molecule has 0 spiro atoms. The number of carbonyl (C=O) groups excluding carboxylic acids is 1. The van der Waals surface area contributed by atoms with E-state index in [1.54, 1.807) is 0 Å². The quantitative estimate of drug-likeness (QED) is 0.864. The Labute approximate surface area is 150 Å². The number of aryl methyl sites for hydroxylation is 1. The highest BCUT2D eigenvalue weighted by molar-refractivity contribution is 7.20. The zero-order valence-corrected chi connectivity index (χ0v) is 14.9. The first kappa shape index (κ1) is 18.6. The molecule has 0 radical (unpaired) electrons. The molecule has 2 aromatic heterocycles. The van der Waals surface area contributed by atoms with Crippen molar-refractivity contribution in [3.8, 4) is 0 Å². The van der Waals surface area contributed by atoms with E-state index in [-0.39, 0.29) is 24.6 Å². The third-order valence-electron chi connectivity index (χ3n) is 4.35. The number of piperidine rings is 1. The second-order valence-electron chi connectivity index (χ2n) is 6.16. The van der Waals surface area contributed by atoms with Crippen LogP contribution in [-0.4, -0.2) is 51.2 Å². The lowest BCUT2D eigenvalue weighted by Gasteiger charge is -2.32. The topological polar surface area (TPSA) is 79.6 Å². The molecule has 0 saturated carbocycles. The Bertz CT molecular complexity index is 855. The van der Waals surface area contributed by atoms with Crippen LogP contribution in [0.2, 0.25) is 0 Å². The van der Waals surface area contributed by atoms with Crippen LogP contribution >= 0.6 is 11.3 Å². The molecule has 3 rings (SSSR count). The van der Waals surface area contributed by atoms with E-state index in [9.17, 15) is 22.8 Å². The average molecular weight is 389 g/mol. The van der Waals surface area contributed by atoms with Crippen molar-refractivity contribution in [1.29, 1.82) is 0 Å². The van der Waals surface area contributed by atoms with Gasteiger partial charge in [-0.1, -0.05) is 18.3 Å². The van der Waals surface area contributed by atoms with Crippen LogP contribution in [0.5, 0.6) is 0 Å². The maximum absolute atomic E-state index is 12.4. The number of nitrogens with one attached hydrogen (secondary N) is 1. The Morgan fingerprint density at radius 3 is 2.69 bits per heavy atom. The largest absolute Gasteiger partial charge is 0.471 e. The van der Waals surface area contributed by atoms with Crippen molar-refractivity contribution in [1.82, 2.24) is 19.5 Å². The molecule has 0 aliphatic carbocycles. The minimum Gasteiger partial charge on any atom is -0.360 e. The summed E-state index contributed by atoms with van der Waals surface area (Å²) < 4.78 is 38.6. The predicted octanol–water partition coefficient (Wildman–Crippen LogP) is 1.93. The lowest BCUT2D eigenvalue weighted by Crippen LogP contribution is -2.46. The Hall–Kier alpha value is -2.17. The molecule has 0 atom stereocenters. The van der Waals surface area contributed by atoms with Gasteiger partial charge in [-0.15, -0.1) is 5.10 Å². The first-order valence-corrected chi connectivity index (χ1v) is 9.09. The Morgan fingerprint density at radius 1 is 1.38 bits per heavy atom. The van der Waals surface area contributed by atoms with Crippen molar-refractivity contribution < 1.29 is 18.0 Å². The number of amides is 1. The second kappa shape index (κ2) is 7.22. The second-order valence-corrected chi connectivity index (χ2v) is 7.11. The third-order valence-corrected chi connectivity index (χ3v) is 5.21. The van der Waals surface area contributed by atoms with Gasteiger partial charge in [-0.3, -0.25) is 9.59 Å². The summed E-state index contributed by atoms with van der Waals surface area (Å²) in [5.41, 5.74) is 0.460. The van der Waals surface area contributed by atoms with Gasteiger partial charge in [-0.2, -0.15) is 17.7 Å². The molecule has 26 heavy (non-hydrogen) atoms. The number of rotatable bonds is 4. The highest BCUT2D eigenvalue weighted by Crippen LogP contribution is 2.25. The molecule has 142 valence electrons. The van der Waals surface area contributed by atoms with Gasteiger partial charge < -0.3 is 10.2 Å². The number of likely N-dealkylation sites (tertiary alicyclic amines) is 1. The van der Waals surface area contributed by atoms with Crippen LogP contribution in [-0.2, 0) is 11.2 Å². The van der Waals surface area contributed by atoms with E-state index in [2.05, 4.69) is 15.4 Å². The first-order valence-electron chi connectivity index (χ1n) is 8.27. The molecular weight excluding hydrogens is 371 g/mol. The van der Waals surface area contributed by atoms with Gasteiger partial charge in [-0.05, 0) is 25.2 Å². The molecule has 0 unspecified atom stereocenters. The fourth-order valence-electron chi connectivity index (χ4n) is 2.86. The molecule has 1 aliphatic heterocycles. The van der Waals surface area contributed by atoms with Crippen molar-refractivity contribution in [2.75, 3.05) is 25.0 Å². The zero-order chi connectivity index (χ0) is 18.9. The van der Waals surface area contributed by atoms with Gasteiger partial charge in [0.2, 0.25) is 10.1 Å². The van der Waals surface area contributed by atoms with Gasteiger partial charge in [-0.25, -0.2) is 4.98 Å². The molecule has 3 heterocycles.